The van der Waals surface area contributed by atoms with Crippen molar-refractivity contribution >= 4 is 29.1 Å². The molecule has 0 aliphatic rings. The first-order valence-corrected chi connectivity index (χ1v) is 10.6. The van der Waals surface area contributed by atoms with Crippen LogP contribution < -0.4 is 16.0 Å². The van der Waals surface area contributed by atoms with E-state index in [0.29, 0.717) is 42.3 Å². The molecule has 2 rings (SSSR count). The Morgan fingerprint density at radius 2 is 1.69 bits per heavy atom. The van der Waals surface area contributed by atoms with Crippen LogP contribution in [0.4, 0.5) is 11.4 Å². The number of hydrogen-bond donors (Lipinski definition) is 3. The van der Waals surface area contributed by atoms with E-state index in [-0.39, 0.29) is 24.3 Å². The number of rotatable bonds is 11. The fourth-order valence-electron chi connectivity index (χ4n) is 2.99. The minimum Gasteiger partial charge on any atom is -0.341 e. The Labute approximate surface area is 189 Å². The van der Waals surface area contributed by atoms with Gasteiger partial charge in [0, 0.05) is 44.9 Å². The van der Waals surface area contributed by atoms with E-state index in [9.17, 15) is 14.4 Å². The van der Waals surface area contributed by atoms with E-state index < -0.39 is 0 Å². The molecule has 0 saturated carbocycles. The summed E-state index contributed by atoms with van der Waals surface area (Å²) in [5, 5.41) is 8.61. The Morgan fingerprint density at radius 3 is 2.31 bits per heavy atom. The highest BCUT2D eigenvalue weighted by Gasteiger charge is 2.13. The number of carbonyl (C=O) groups is 3. The van der Waals surface area contributed by atoms with Crippen LogP contribution in [-0.4, -0.2) is 72.8 Å². The molecule has 0 saturated heterocycles. The lowest BCUT2D eigenvalue weighted by molar-refractivity contribution is -0.130. The van der Waals surface area contributed by atoms with Gasteiger partial charge in [0.25, 0.3) is 5.91 Å². The minimum atomic E-state index is -0.316. The molecule has 1 aromatic heterocycles. The van der Waals surface area contributed by atoms with Gasteiger partial charge in [-0.15, -0.1) is 0 Å². The van der Waals surface area contributed by atoms with Gasteiger partial charge >= 0.3 is 0 Å². The largest absolute Gasteiger partial charge is 0.341 e. The normalized spacial score (nSPS) is 10.7. The zero-order valence-corrected chi connectivity index (χ0v) is 19.1. The molecule has 0 aliphatic carbocycles. The maximum atomic E-state index is 12.7. The lowest BCUT2D eigenvalue weighted by atomic mass is 10.2. The summed E-state index contributed by atoms with van der Waals surface area (Å²) in [6, 6.07) is 10.3. The van der Waals surface area contributed by atoms with Crippen molar-refractivity contribution in [2.75, 3.05) is 50.9 Å². The van der Waals surface area contributed by atoms with Crippen LogP contribution in [0.15, 0.2) is 42.6 Å². The highest BCUT2D eigenvalue weighted by atomic mass is 16.2. The van der Waals surface area contributed by atoms with Gasteiger partial charge < -0.3 is 25.8 Å². The number of carbonyl (C=O) groups excluding carboxylic acids is 3. The van der Waals surface area contributed by atoms with E-state index in [2.05, 4.69) is 20.9 Å². The molecule has 0 bridgehead atoms. The molecule has 0 radical (unpaired) electrons. The summed E-state index contributed by atoms with van der Waals surface area (Å²) in [6.45, 7) is 6.07. The Bertz CT molecular complexity index is 931. The zero-order valence-electron chi connectivity index (χ0n) is 19.1. The van der Waals surface area contributed by atoms with Crippen LogP contribution in [0.3, 0.4) is 0 Å². The number of amides is 3. The summed E-state index contributed by atoms with van der Waals surface area (Å²) < 4.78 is 0. The van der Waals surface area contributed by atoms with Crippen LogP contribution in [0.25, 0.3) is 0 Å². The molecule has 9 heteroatoms. The predicted molar refractivity (Wildman–Crippen MR) is 125 cm³/mol. The summed E-state index contributed by atoms with van der Waals surface area (Å²) in [7, 11) is 3.95. The van der Waals surface area contributed by atoms with E-state index in [0.717, 1.165) is 6.54 Å². The lowest BCUT2D eigenvalue weighted by Crippen LogP contribution is -2.41. The summed E-state index contributed by atoms with van der Waals surface area (Å²) in [4.78, 5) is 44.6. The summed E-state index contributed by atoms with van der Waals surface area (Å²) in [6.07, 6.45) is 1.56. The molecule has 0 fully saturated rings. The van der Waals surface area contributed by atoms with Gasteiger partial charge in [0.05, 0.1) is 23.6 Å². The maximum absolute atomic E-state index is 12.7. The molecule has 172 valence electrons. The van der Waals surface area contributed by atoms with E-state index in [1.54, 1.807) is 47.5 Å². The van der Waals surface area contributed by atoms with E-state index >= 15 is 0 Å². The van der Waals surface area contributed by atoms with Crippen LogP contribution in [-0.2, 0) is 16.1 Å². The second-order valence-corrected chi connectivity index (χ2v) is 7.60. The van der Waals surface area contributed by atoms with E-state index in [4.69, 9.17) is 0 Å². The Kier molecular flexibility index (Phi) is 9.77. The Balaban J connectivity index is 1.94. The zero-order chi connectivity index (χ0) is 23.5. The number of likely N-dealkylation sites (N-methyl/N-ethyl adjacent to an activating group) is 2. The summed E-state index contributed by atoms with van der Waals surface area (Å²) in [5.74, 6) is -0.511. The average molecular weight is 441 g/mol. The fourth-order valence-corrected chi connectivity index (χ4v) is 2.99. The molecular weight excluding hydrogens is 408 g/mol. The number of pyridine rings is 1. The first kappa shape index (κ1) is 25.0. The highest BCUT2D eigenvalue weighted by Crippen LogP contribution is 2.21. The topological polar surface area (TPSA) is 107 Å². The molecule has 9 nitrogen and oxygen atoms in total. The molecule has 0 spiro atoms. The predicted octanol–water partition coefficient (Wildman–Crippen LogP) is 1.79. The molecule has 2 aromatic rings. The number of nitrogens with one attached hydrogen (secondary N) is 3. The van der Waals surface area contributed by atoms with Crippen molar-refractivity contribution < 1.29 is 14.4 Å². The van der Waals surface area contributed by atoms with E-state index in [1.807, 2.05) is 25.9 Å². The number of para-hydroxylation sites is 2. The third-order valence-corrected chi connectivity index (χ3v) is 4.70. The minimum absolute atomic E-state index is 0.0258. The summed E-state index contributed by atoms with van der Waals surface area (Å²) >= 11 is 0. The van der Waals surface area contributed by atoms with Crippen LogP contribution in [0.5, 0.6) is 0 Å². The number of aromatic nitrogens is 1. The Hall–Kier alpha value is -3.30. The molecule has 1 aromatic carbocycles. The highest BCUT2D eigenvalue weighted by molar-refractivity contribution is 6.07. The summed E-state index contributed by atoms with van der Waals surface area (Å²) in [5.41, 5.74) is 2.11. The first-order valence-electron chi connectivity index (χ1n) is 10.6. The second-order valence-electron chi connectivity index (χ2n) is 7.60. The van der Waals surface area contributed by atoms with Gasteiger partial charge in [0.2, 0.25) is 11.8 Å². The molecule has 32 heavy (non-hydrogen) atoms. The van der Waals surface area contributed by atoms with Gasteiger partial charge in [-0.2, -0.15) is 0 Å². The molecular formula is C23H32N6O3. The number of hydrogen-bond acceptors (Lipinski definition) is 6. The maximum Gasteiger partial charge on any atom is 0.255 e. The second kappa shape index (κ2) is 12.5. The van der Waals surface area contributed by atoms with Crippen LogP contribution >= 0.6 is 0 Å². The van der Waals surface area contributed by atoms with Crippen LogP contribution in [0, 0.1) is 0 Å². The van der Waals surface area contributed by atoms with Crippen LogP contribution in [0.2, 0.25) is 0 Å². The van der Waals surface area contributed by atoms with Gasteiger partial charge in [0.15, 0.2) is 0 Å². The standard InChI is InChI=1S/C23H32N6O3/c1-5-29(13-12-28(3)4)22(31)16-24-15-19-14-18(10-11-25-19)23(32)27-21-9-7-6-8-20(21)26-17(2)30/h6-11,14,24H,5,12-13,15-16H2,1-4H3,(H,26,30)(H,27,32). The van der Waals surface area contributed by atoms with Crippen molar-refractivity contribution in [3.63, 3.8) is 0 Å². The van der Waals surface area contributed by atoms with Gasteiger partial charge in [-0.1, -0.05) is 12.1 Å². The van der Waals surface area contributed by atoms with Gasteiger partial charge in [-0.25, -0.2) is 0 Å². The molecule has 3 amide bonds. The smallest absolute Gasteiger partial charge is 0.255 e. The number of anilines is 2. The van der Waals surface area contributed by atoms with Crippen molar-refractivity contribution in [3.05, 3.63) is 53.9 Å². The third kappa shape index (κ3) is 8.09. The molecule has 1 heterocycles. The van der Waals surface area contributed by atoms with Crippen molar-refractivity contribution in [2.45, 2.75) is 20.4 Å². The molecule has 0 atom stereocenters. The average Bonchev–Trinajstić information content (AvgIpc) is 2.75. The number of nitrogens with zero attached hydrogens (tertiary/aromatic N) is 3. The van der Waals surface area contributed by atoms with E-state index in [1.165, 1.54) is 6.92 Å². The quantitative estimate of drug-likeness (QED) is 0.492. The van der Waals surface area contributed by atoms with Crippen molar-refractivity contribution in [1.82, 2.24) is 20.1 Å². The van der Waals surface area contributed by atoms with Gasteiger partial charge in [-0.3, -0.25) is 19.4 Å². The van der Waals surface area contributed by atoms with Crippen molar-refractivity contribution in [1.29, 1.82) is 0 Å². The monoisotopic (exact) mass is 440 g/mol. The van der Waals surface area contributed by atoms with Gasteiger partial charge in [-0.05, 0) is 45.3 Å². The third-order valence-electron chi connectivity index (χ3n) is 4.70. The van der Waals surface area contributed by atoms with Crippen molar-refractivity contribution in [3.8, 4) is 0 Å². The lowest BCUT2D eigenvalue weighted by Gasteiger charge is -2.23. The van der Waals surface area contributed by atoms with Crippen molar-refractivity contribution in [2.24, 2.45) is 0 Å². The molecule has 0 aliphatic heterocycles. The molecule has 0 unspecified atom stereocenters. The van der Waals surface area contributed by atoms with Crippen LogP contribution in [0.1, 0.15) is 29.9 Å². The SMILES string of the molecule is CCN(CCN(C)C)C(=O)CNCc1cc(C(=O)Nc2ccccc2NC(C)=O)ccn1. The Morgan fingerprint density at radius 1 is 1.00 bits per heavy atom. The first-order chi connectivity index (χ1) is 15.3. The molecule has 3 N–H and O–H groups in total. The van der Waals surface area contributed by atoms with Gasteiger partial charge in [0.1, 0.15) is 0 Å². The number of benzene rings is 1. The fraction of sp³-hybridized carbons (Fsp3) is 0.391.